The largest absolute Gasteiger partial charge is 0.497 e. The molecule has 0 aliphatic carbocycles. The van der Waals surface area contributed by atoms with E-state index in [-0.39, 0.29) is 23.1 Å². The smallest absolute Gasteiger partial charge is 0.167 e. The third kappa shape index (κ3) is 5.37. The summed E-state index contributed by atoms with van der Waals surface area (Å²) in [5.41, 5.74) is 0.242. The van der Waals surface area contributed by atoms with Gasteiger partial charge < -0.3 is 9.47 Å². The Morgan fingerprint density at radius 3 is 2.37 bits per heavy atom. The minimum absolute atomic E-state index is 0.0155. The van der Waals surface area contributed by atoms with Crippen molar-refractivity contribution in [2.75, 3.05) is 13.7 Å². The molecule has 2 aromatic rings. The van der Waals surface area contributed by atoms with Crippen LogP contribution in [0.1, 0.15) is 69.8 Å². The Morgan fingerprint density at radius 1 is 0.933 bits per heavy atom. The SMILES string of the molecule is CCCCCCCC1CCC(c2ccc(-c3ccc(OC)cc3F)c(F)c2F)CO1. The number of ether oxygens (including phenoxy) is 2. The van der Waals surface area contributed by atoms with Gasteiger partial charge in [0.05, 0.1) is 19.8 Å². The summed E-state index contributed by atoms with van der Waals surface area (Å²) < 4.78 is 54.9. The number of rotatable bonds is 9. The quantitative estimate of drug-likeness (QED) is 0.393. The fourth-order valence-electron chi connectivity index (χ4n) is 4.18. The third-order valence-corrected chi connectivity index (χ3v) is 6.02. The molecule has 0 radical (unpaired) electrons. The molecule has 0 amide bonds. The Bertz CT molecular complexity index is 829. The van der Waals surface area contributed by atoms with E-state index in [1.165, 1.54) is 51.0 Å². The van der Waals surface area contributed by atoms with Gasteiger partial charge >= 0.3 is 0 Å². The second-order valence-electron chi connectivity index (χ2n) is 8.11. The van der Waals surface area contributed by atoms with E-state index < -0.39 is 17.5 Å². The Hall–Kier alpha value is -2.01. The summed E-state index contributed by atoms with van der Waals surface area (Å²) in [4.78, 5) is 0. The maximum atomic E-state index is 14.8. The number of halogens is 3. The van der Waals surface area contributed by atoms with Crippen LogP contribution in [0.15, 0.2) is 30.3 Å². The zero-order valence-electron chi connectivity index (χ0n) is 17.9. The molecular weight excluding hydrogens is 389 g/mol. The van der Waals surface area contributed by atoms with E-state index >= 15 is 0 Å². The molecule has 1 saturated heterocycles. The Balaban J connectivity index is 1.64. The van der Waals surface area contributed by atoms with Crippen LogP contribution < -0.4 is 4.74 Å². The van der Waals surface area contributed by atoms with Crippen molar-refractivity contribution in [2.45, 2.75) is 70.3 Å². The maximum absolute atomic E-state index is 14.8. The van der Waals surface area contributed by atoms with Crippen LogP contribution in [0.2, 0.25) is 0 Å². The highest BCUT2D eigenvalue weighted by atomic mass is 19.2. The zero-order chi connectivity index (χ0) is 21.5. The highest BCUT2D eigenvalue weighted by Crippen LogP contribution is 2.36. The molecule has 1 aliphatic heterocycles. The fraction of sp³-hybridized carbons (Fsp3) is 0.520. The van der Waals surface area contributed by atoms with Crippen molar-refractivity contribution in [3.8, 4) is 16.9 Å². The summed E-state index contributed by atoms with van der Waals surface area (Å²) in [6.07, 6.45) is 9.01. The summed E-state index contributed by atoms with van der Waals surface area (Å²) in [5, 5.41) is 0. The molecule has 0 aromatic heterocycles. The van der Waals surface area contributed by atoms with Gasteiger partial charge in [0.15, 0.2) is 11.6 Å². The first-order chi connectivity index (χ1) is 14.5. The number of benzene rings is 2. The van der Waals surface area contributed by atoms with E-state index in [1.807, 2.05) is 0 Å². The molecule has 2 unspecified atom stereocenters. The van der Waals surface area contributed by atoms with Gasteiger partial charge in [0, 0.05) is 23.1 Å². The van der Waals surface area contributed by atoms with Crippen LogP contribution in [0.5, 0.6) is 5.75 Å². The van der Waals surface area contributed by atoms with E-state index in [0.717, 1.165) is 31.7 Å². The van der Waals surface area contributed by atoms with Crippen molar-refractivity contribution in [1.82, 2.24) is 0 Å². The molecule has 3 rings (SSSR count). The average molecular weight is 421 g/mol. The maximum Gasteiger partial charge on any atom is 0.167 e. The van der Waals surface area contributed by atoms with Gasteiger partial charge in [-0.15, -0.1) is 0 Å². The summed E-state index contributed by atoms with van der Waals surface area (Å²) >= 11 is 0. The van der Waals surface area contributed by atoms with Gasteiger partial charge in [-0.05, 0) is 37.0 Å². The van der Waals surface area contributed by atoms with Gasteiger partial charge in [-0.25, -0.2) is 13.2 Å². The van der Waals surface area contributed by atoms with Gasteiger partial charge in [-0.3, -0.25) is 0 Å². The van der Waals surface area contributed by atoms with Crippen molar-refractivity contribution >= 4 is 0 Å². The standard InChI is InChI=1S/C25H31F3O2/c1-3-4-5-6-7-8-18-10-9-17(16-30-18)20-13-14-22(25(28)24(20)27)21-12-11-19(29-2)15-23(21)26/h11-15,17-18H,3-10,16H2,1-2H3. The van der Waals surface area contributed by atoms with E-state index in [9.17, 15) is 13.2 Å². The molecule has 0 saturated carbocycles. The molecule has 1 fully saturated rings. The van der Waals surface area contributed by atoms with Gasteiger partial charge in [-0.1, -0.05) is 51.2 Å². The Morgan fingerprint density at radius 2 is 1.70 bits per heavy atom. The zero-order valence-corrected chi connectivity index (χ0v) is 17.9. The first kappa shape index (κ1) is 22.7. The van der Waals surface area contributed by atoms with Crippen molar-refractivity contribution in [2.24, 2.45) is 0 Å². The molecule has 0 spiro atoms. The van der Waals surface area contributed by atoms with Crippen molar-refractivity contribution in [3.05, 3.63) is 53.3 Å². The van der Waals surface area contributed by atoms with Gasteiger partial charge in [0.2, 0.25) is 0 Å². The highest BCUT2D eigenvalue weighted by molar-refractivity contribution is 5.66. The van der Waals surface area contributed by atoms with E-state index in [1.54, 1.807) is 6.07 Å². The lowest BCUT2D eigenvalue weighted by molar-refractivity contribution is -0.00283. The van der Waals surface area contributed by atoms with Crippen molar-refractivity contribution < 1.29 is 22.6 Å². The van der Waals surface area contributed by atoms with Crippen LogP contribution >= 0.6 is 0 Å². The lowest BCUT2D eigenvalue weighted by Crippen LogP contribution is -2.25. The summed E-state index contributed by atoms with van der Waals surface area (Å²) in [5.74, 6) is -2.43. The normalized spacial score (nSPS) is 19.1. The molecule has 5 heteroatoms. The molecule has 30 heavy (non-hydrogen) atoms. The van der Waals surface area contributed by atoms with Gasteiger partial charge in [0.1, 0.15) is 11.6 Å². The Labute approximate surface area is 177 Å². The average Bonchev–Trinajstić information content (AvgIpc) is 2.76. The number of hydrogen-bond acceptors (Lipinski definition) is 2. The van der Waals surface area contributed by atoms with E-state index in [4.69, 9.17) is 9.47 Å². The van der Waals surface area contributed by atoms with Crippen LogP contribution in [-0.2, 0) is 4.74 Å². The molecule has 2 atom stereocenters. The molecule has 0 bridgehead atoms. The second kappa shape index (κ2) is 10.9. The predicted octanol–water partition coefficient (Wildman–Crippen LogP) is 7.40. The number of methoxy groups -OCH3 is 1. The minimum Gasteiger partial charge on any atom is -0.497 e. The first-order valence-electron chi connectivity index (χ1n) is 11.0. The summed E-state index contributed by atoms with van der Waals surface area (Å²) in [6, 6.07) is 7.12. The van der Waals surface area contributed by atoms with E-state index in [0.29, 0.717) is 17.9 Å². The van der Waals surface area contributed by atoms with Gasteiger partial charge in [-0.2, -0.15) is 0 Å². The molecule has 2 aromatic carbocycles. The number of hydrogen-bond donors (Lipinski definition) is 0. The van der Waals surface area contributed by atoms with Gasteiger partial charge in [0.25, 0.3) is 0 Å². The lowest BCUT2D eigenvalue weighted by Gasteiger charge is -2.30. The molecule has 1 aliphatic rings. The second-order valence-corrected chi connectivity index (χ2v) is 8.11. The number of unbranched alkanes of at least 4 members (excludes halogenated alkanes) is 4. The van der Waals surface area contributed by atoms with Crippen LogP contribution in [0.3, 0.4) is 0 Å². The van der Waals surface area contributed by atoms with Crippen LogP contribution in [0, 0.1) is 17.5 Å². The minimum atomic E-state index is -1.02. The fourth-order valence-corrected chi connectivity index (χ4v) is 4.18. The molecule has 164 valence electrons. The summed E-state index contributed by atoms with van der Waals surface area (Å²) in [6.45, 7) is 2.60. The van der Waals surface area contributed by atoms with Crippen LogP contribution in [0.25, 0.3) is 11.1 Å². The first-order valence-corrected chi connectivity index (χ1v) is 11.0. The predicted molar refractivity (Wildman–Crippen MR) is 113 cm³/mol. The monoisotopic (exact) mass is 420 g/mol. The van der Waals surface area contributed by atoms with E-state index in [2.05, 4.69) is 6.92 Å². The summed E-state index contributed by atoms with van der Waals surface area (Å²) in [7, 11) is 1.42. The highest BCUT2D eigenvalue weighted by Gasteiger charge is 2.27. The Kier molecular flexibility index (Phi) is 8.20. The third-order valence-electron chi connectivity index (χ3n) is 6.02. The topological polar surface area (TPSA) is 18.5 Å². The molecule has 1 heterocycles. The molecule has 2 nitrogen and oxygen atoms in total. The van der Waals surface area contributed by atoms with Crippen LogP contribution in [-0.4, -0.2) is 19.8 Å². The van der Waals surface area contributed by atoms with Crippen molar-refractivity contribution in [1.29, 1.82) is 0 Å². The lowest BCUT2D eigenvalue weighted by atomic mass is 9.88. The molecule has 0 N–H and O–H groups in total. The molecular formula is C25H31F3O2. The van der Waals surface area contributed by atoms with Crippen LogP contribution in [0.4, 0.5) is 13.2 Å². The van der Waals surface area contributed by atoms with Crippen molar-refractivity contribution in [3.63, 3.8) is 0 Å².